The van der Waals surface area contributed by atoms with E-state index in [9.17, 15) is 4.55 Å². The molecule has 0 aliphatic rings. The first-order valence-corrected chi connectivity index (χ1v) is 5.84. The summed E-state index contributed by atoms with van der Waals surface area (Å²) in [5.74, 6) is 0. The lowest BCUT2D eigenvalue weighted by atomic mass is 10.3. The summed E-state index contributed by atoms with van der Waals surface area (Å²) in [5, 5.41) is 0. The summed E-state index contributed by atoms with van der Waals surface area (Å²) >= 11 is 0.540. The molecule has 0 amide bonds. The lowest BCUT2D eigenvalue weighted by molar-refractivity contribution is 0.600. The van der Waals surface area contributed by atoms with Crippen molar-refractivity contribution < 1.29 is 4.55 Å². The van der Waals surface area contributed by atoms with Crippen molar-refractivity contribution in [3.8, 4) is 0 Å². The minimum absolute atomic E-state index is 0.705. The first-order valence-electron chi connectivity index (χ1n) is 3.46. The van der Waals surface area contributed by atoms with Crippen molar-refractivity contribution >= 4 is 32.7 Å². The number of hydrogen-bond donors (Lipinski definition) is 0. The molecule has 1 aromatic heterocycles. The highest BCUT2D eigenvalue weighted by Gasteiger charge is 2.10. The van der Waals surface area contributed by atoms with Crippen LogP contribution in [0.15, 0.2) is 28.6 Å². The maximum Gasteiger partial charge on any atom is 0.302 e. The van der Waals surface area contributed by atoms with Crippen molar-refractivity contribution in [2.75, 3.05) is 6.26 Å². The molecule has 2 rings (SSSR count). The van der Waals surface area contributed by atoms with Gasteiger partial charge in [-0.1, -0.05) is 23.5 Å². The van der Waals surface area contributed by atoms with E-state index in [0.29, 0.717) is 4.34 Å². The monoisotopic (exact) mass is 197 g/mol. The van der Waals surface area contributed by atoms with Gasteiger partial charge in [0.25, 0.3) is 0 Å². The minimum atomic E-state index is -0.954. The topological polar surface area (TPSA) is 36.0 Å². The predicted octanol–water partition coefficient (Wildman–Crippen LogP) is 2.03. The second-order valence-electron chi connectivity index (χ2n) is 2.40. The number of para-hydroxylation sites is 1. The molecule has 1 aromatic carbocycles. The van der Waals surface area contributed by atoms with E-state index in [-0.39, 0.29) is 0 Å². The molecule has 0 saturated carbocycles. The van der Waals surface area contributed by atoms with Crippen molar-refractivity contribution in [1.29, 1.82) is 0 Å². The number of thiazole rings is 1. The van der Waals surface area contributed by atoms with Gasteiger partial charge in [-0.2, -0.15) is 4.98 Å². The molecule has 12 heavy (non-hydrogen) atoms. The van der Waals surface area contributed by atoms with Gasteiger partial charge in [-0.15, -0.1) is 0 Å². The van der Waals surface area contributed by atoms with Gasteiger partial charge in [0, 0.05) is 11.2 Å². The fourth-order valence-corrected chi connectivity index (χ4v) is 2.64. The van der Waals surface area contributed by atoms with E-state index in [1.54, 1.807) is 6.26 Å². The third kappa shape index (κ3) is 1.33. The van der Waals surface area contributed by atoms with Crippen molar-refractivity contribution in [3.63, 3.8) is 0 Å². The number of nitrogens with zero attached hydrogens (tertiary/aromatic N) is 1. The van der Waals surface area contributed by atoms with Gasteiger partial charge < -0.3 is 4.55 Å². The molecule has 0 spiro atoms. The molecule has 0 N–H and O–H groups in total. The summed E-state index contributed by atoms with van der Waals surface area (Å²) in [6.45, 7) is 0. The average Bonchev–Trinajstić information content (AvgIpc) is 2.46. The van der Waals surface area contributed by atoms with Gasteiger partial charge in [-0.3, -0.25) is 0 Å². The third-order valence-electron chi connectivity index (χ3n) is 1.52. The van der Waals surface area contributed by atoms with E-state index in [0.717, 1.165) is 10.2 Å². The van der Waals surface area contributed by atoms with Crippen LogP contribution in [0.2, 0.25) is 0 Å². The van der Waals surface area contributed by atoms with E-state index in [1.165, 1.54) is 11.3 Å². The molecule has 0 aliphatic carbocycles. The summed E-state index contributed by atoms with van der Waals surface area (Å²) in [4.78, 5) is 4.23. The highest BCUT2D eigenvalue weighted by Crippen LogP contribution is 2.24. The molecule has 0 radical (unpaired) electrons. The van der Waals surface area contributed by atoms with Crippen LogP contribution in [0.3, 0.4) is 0 Å². The average molecular weight is 197 g/mol. The number of hydrogen-bond acceptors (Lipinski definition) is 3. The van der Waals surface area contributed by atoms with Crippen LogP contribution in [0.25, 0.3) is 10.2 Å². The molecular weight excluding hydrogens is 190 g/mol. The summed E-state index contributed by atoms with van der Waals surface area (Å²) in [5.41, 5.74) is 0.938. The molecule has 0 fully saturated rings. The Kier molecular flexibility index (Phi) is 2.04. The summed E-state index contributed by atoms with van der Waals surface area (Å²) in [6, 6.07) is 7.82. The molecule has 2 aromatic rings. The fraction of sp³-hybridized carbons (Fsp3) is 0.125. The second kappa shape index (κ2) is 3.05. The molecule has 4 heteroatoms. The molecule has 62 valence electrons. The number of fused-ring (bicyclic) bond motifs is 1. The molecule has 1 unspecified atom stereocenters. The van der Waals surface area contributed by atoms with Crippen LogP contribution in [-0.4, -0.2) is 15.8 Å². The Morgan fingerprint density at radius 3 is 2.83 bits per heavy atom. The normalized spacial score (nSPS) is 13.5. The smallest absolute Gasteiger partial charge is 0.302 e. The lowest BCUT2D eigenvalue weighted by Gasteiger charge is -1.95. The molecular formula is C8H7NOS2. The Hall–Kier alpha value is -0.580. The van der Waals surface area contributed by atoms with Crippen molar-refractivity contribution in [2.45, 2.75) is 4.34 Å². The summed E-state index contributed by atoms with van der Waals surface area (Å²) in [6.07, 6.45) is 1.65. The summed E-state index contributed by atoms with van der Waals surface area (Å²) < 4.78 is 12.9. The Bertz CT molecular complexity index is 364. The van der Waals surface area contributed by atoms with Crippen LogP contribution >= 0.6 is 11.3 Å². The molecule has 0 saturated heterocycles. The quantitative estimate of drug-likeness (QED) is 0.656. The van der Waals surface area contributed by atoms with Gasteiger partial charge in [0.05, 0.1) is 10.2 Å². The van der Waals surface area contributed by atoms with Crippen LogP contribution in [0.5, 0.6) is 0 Å². The van der Waals surface area contributed by atoms with Crippen molar-refractivity contribution in [3.05, 3.63) is 24.3 Å². The molecule has 2 nitrogen and oxygen atoms in total. The minimum Gasteiger partial charge on any atom is -0.610 e. The van der Waals surface area contributed by atoms with E-state index in [2.05, 4.69) is 4.98 Å². The number of benzene rings is 1. The molecule has 1 atom stereocenters. The SMILES string of the molecule is C[S+]([O-])c1nc2ccccc2s1. The Balaban J connectivity index is 2.62. The first kappa shape index (κ1) is 8.04. The van der Waals surface area contributed by atoms with E-state index >= 15 is 0 Å². The van der Waals surface area contributed by atoms with Gasteiger partial charge in [-0.25, -0.2) is 0 Å². The first-order chi connectivity index (χ1) is 5.77. The van der Waals surface area contributed by atoms with Gasteiger partial charge in [-0.05, 0) is 12.1 Å². The van der Waals surface area contributed by atoms with E-state index < -0.39 is 11.2 Å². The lowest BCUT2D eigenvalue weighted by Crippen LogP contribution is -1.94. The molecule has 0 bridgehead atoms. The number of rotatable bonds is 1. The second-order valence-corrected chi connectivity index (χ2v) is 4.99. The van der Waals surface area contributed by atoms with Crippen LogP contribution in [0, 0.1) is 0 Å². The van der Waals surface area contributed by atoms with Crippen molar-refractivity contribution in [2.24, 2.45) is 0 Å². The Morgan fingerprint density at radius 1 is 1.42 bits per heavy atom. The standard InChI is InChI=1S/C8H7NOS2/c1-12(10)8-9-6-4-2-3-5-7(6)11-8/h2-5H,1H3. The van der Waals surface area contributed by atoms with E-state index in [4.69, 9.17) is 0 Å². The van der Waals surface area contributed by atoms with Crippen LogP contribution in [-0.2, 0) is 11.2 Å². The zero-order valence-electron chi connectivity index (χ0n) is 6.48. The van der Waals surface area contributed by atoms with E-state index in [1.807, 2.05) is 24.3 Å². The Morgan fingerprint density at radius 2 is 2.17 bits per heavy atom. The predicted molar refractivity (Wildman–Crippen MR) is 52.0 cm³/mol. The summed E-state index contributed by atoms with van der Waals surface area (Å²) in [7, 11) is 0. The third-order valence-corrected chi connectivity index (χ3v) is 3.89. The maximum atomic E-state index is 11.1. The number of aromatic nitrogens is 1. The maximum absolute atomic E-state index is 11.1. The van der Waals surface area contributed by atoms with Crippen LogP contribution in [0.4, 0.5) is 0 Å². The van der Waals surface area contributed by atoms with Gasteiger partial charge in [0.1, 0.15) is 6.26 Å². The van der Waals surface area contributed by atoms with Crippen LogP contribution < -0.4 is 0 Å². The van der Waals surface area contributed by atoms with Crippen molar-refractivity contribution in [1.82, 2.24) is 4.98 Å². The van der Waals surface area contributed by atoms with Gasteiger partial charge >= 0.3 is 4.34 Å². The molecule has 0 aliphatic heterocycles. The molecule has 1 heterocycles. The van der Waals surface area contributed by atoms with Crippen LogP contribution in [0.1, 0.15) is 0 Å². The zero-order chi connectivity index (χ0) is 8.55. The van der Waals surface area contributed by atoms with Gasteiger partial charge in [0.15, 0.2) is 0 Å². The largest absolute Gasteiger partial charge is 0.610 e. The highest BCUT2D eigenvalue weighted by molar-refractivity contribution is 7.92. The highest BCUT2D eigenvalue weighted by atomic mass is 32.2. The Labute approximate surface area is 77.4 Å². The van der Waals surface area contributed by atoms with Gasteiger partial charge in [0.2, 0.25) is 0 Å². The zero-order valence-corrected chi connectivity index (χ0v) is 8.11. The fourth-order valence-electron chi connectivity index (χ4n) is 0.974.